The summed E-state index contributed by atoms with van der Waals surface area (Å²) in [6, 6.07) is 16.9. The Morgan fingerprint density at radius 1 is 1.16 bits per heavy atom. The number of rotatable bonds is 6. The lowest BCUT2D eigenvalue weighted by atomic mass is 9.99. The van der Waals surface area contributed by atoms with Crippen molar-refractivity contribution in [2.45, 2.75) is 12.8 Å². The molecule has 3 rings (SSSR count). The van der Waals surface area contributed by atoms with Crippen LogP contribution in [0.1, 0.15) is 12.8 Å². The maximum atomic E-state index is 12.3. The van der Waals surface area contributed by atoms with Crippen LogP contribution in [0.2, 0.25) is 0 Å². The number of nitrogens with one attached hydrogen (secondary N) is 1. The molecule has 5 heteroatoms. The van der Waals surface area contributed by atoms with Crippen LogP contribution in [0, 0.1) is 5.92 Å². The van der Waals surface area contributed by atoms with E-state index < -0.39 is 0 Å². The number of aliphatic hydroxyl groups excluding tert-OH is 1. The van der Waals surface area contributed by atoms with E-state index in [1.807, 2.05) is 54.6 Å². The predicted octanol–water partition coefficient (Wildman–Crippen LogP) is 3.12. The second-order valence-electron chi connectivity index (χ2n) is 6.42. The number of para-hydroxylation sites is 1. The van der Waals surface area contributed by atoms with Gasteiger partial charge >= 0.3 is 0 Å². The van der Waals surface area contributed by atoms with Crippen molar-refractivity contribution in [1.82, 2.24) is 4.90 Å². The summed E-state index contributed by atoms with van der Waals surface area (Å²) in [6.07, 6.45) is 2.06. The van der Waals surface area contributed by atoms with Gasteiger partial charge < -0.3 is 15.2 Å². The van der Waals surface area contributed by atoms with E-state index in [2.05, 4.69) is 10.2 Å². The van der Waals surface area contributed by atoms with E-state index in [9.17, 15) is 9.90 Å². The van der Waals surface area contributed by atoms with Gasteiger partial charge in [-0.15, -0.1) is 0 Å². The molecule has 25 heavy (non-hydrogen) atoms. The molecule has 2 aromatic carbocycles. The van der Waals surface area contributed by atoms with E-state index in [-0.39, 0.29) is 18.4 Å². The first-order valence-corrected chi connectivity index (χ1v) is 8.69. The van der Waals surface area contributed by atoms with Crippen LogP contribution in [0.15, 0.2) is 54.6 Å². The molecule has 1 aliphatic rings. The Labute approximate surface area is 148 Å². The zero-order valence-corrected chi connectivity index (χ0v) is 14.2. The van der Waals surface area contributed by atoms with Gasteiger partial charge in [-0.05, 0) is 49.6 Å². The third kappa shape index (κ3) is 5.31. The van der Waals surface area contributed by atoms with E-state index in [0.717, 1.165) is 31.7 Å². The van der Waals surface area contributed by atoms with E-state index in [4.69, 9.17) is 4.74 Å². The monoisotopic (exact) mass is 340 g/mol. The van der Waals surface area contributed by atoms with Gasteiger partial charge in [0.1, 0.15) is 11.5 Å². The normalized spacial score (nSPS) is 17.9. The highest BCUT2D eigenvalue weighted by Gasteiger charge is 2.20. The molecule has 2 N–H and O–H groups in total. The molecule has 1 fully saturated rings. The number of hydrogen-bond acceptors (Lipinski definition) is 4. The number of carbonyl (C=O) groups excluding carboxylic acids is 1. The molecule has 1 aliphatic heterocycles. The van der Waals surface area contributed by atoms with Gasteiger partial charge in [0.25, 0.3) is 0 Å². The molecule has 1 saturated heterocycles. The summed E-state index contributed by atoms with van der Waals surface area (Å²) in [5.74, 6) is 1.68. The third-order valence-corrected chi connectivity index (χ3v) is 4.33. The zero-order chi connectivity index (χ0) is 17.5. The Morgan fingerprint density at radius 2 is 1.96 bits per heavy atom. The van der Waals surface area contributed by atoms with E-state index in [1.54, 1.807) is 0 Å². The molecule has 0 radical (unpaired) electrons. The number of benzene rings is 2. The van der Waals surface area contributed by atoms with Crippen molar-refractivity contribution in [2.75, 3.05) is 31.6 Å². The molecule has 5 nitrogen and oxygen atoms in total. The summed E-state index contributed by atoms with van der Waals surface area (Å²) in [7, 11) is 0. The molecular weight excluding hydrogens is 316 g/mol. The Bertz CT molecular complexity index is 690. The van der Waals surface area contributed by atoms with Crippen LogP contribution in [-0.2, 0) is 4.79 Å². The van der Waals surface area contributed by atoms with Crippen LogP contribution in [0.5, 0.6) is 11.5 Å². The second-order valence-corrected chi connectivity index (χ2v) is 6.42. The van der Waals surface area contributed by atoms with Crippen molar-refractivity contribution in [3.05, 3.63) is 54.6 Å². The fourth-order valence-electron chi connectivity index (χ4n) is 3.11. The second kappa shape index (κ2) is 8.65. The van der Waals surface area contributed by atoms with Gasteiger partial charge in [-0.1, -0.05) is 24.3 Å². The number of anilines is 1. The first-order valence-electron chi connectivity index (χ1n) is 8.69. The molecule has 0 aromatic heterocycles. The van der Waals surface area contributed by atoms with Crippen LogP contribution >= 0.6 is 0 Å². The lowest BCUT2D eigenvalue weighted by Crippen LogP contribution is -2.41. The number of piperidine rings is 1. The number of aliphatic hydroxyl groups is 1. The van der Waals surface area contributed by atoms with Crippen LogP contribution in [0.3, 0.4) is 0 Å². The maximum absolute atomic E-state index is 12.3. The van der Waals surface area contributed by atoms with Crippen molar-refractivity contribution in [1.29, 1.82) is 0 Å². The molecule has 0 spiro atoms. The zero-order valence-electron chi connectivity index (χ0n) is 14.2. The Hall–Kier alpha value is -2.37. The highest BCUT2D eigenvalue weighted by atomic mass is 16.5. The average Bonchev–Trinajstić information content (AvgIpc) is 2.63. The summed E-state index contributed by atoms with van der Waals surface area (Å²) >= 11 is 0. The SMILES string of the molecule is O=C(CN1CCCC(CO)C1)Nc1cccc(Oc2ccccc2)c1. The van der Waals surface area contributed by atoms with Crippen LogP contribution in [0.4, 0.5) is 5.69 Å². The van der Waals surface area contributed by atoms with Crippen LogP contribution < -0.4 is 10.1 Å². The minimum Gasteiger partial charge on any atom is -0.457 e. The average molecular weight is 340 g/mol. The molecule has 1 unspecified atom stereocenters. The molecule has 0 saturated carbocycles. The number of amides is 1. The summed E-state index contributed by atoms with van der Waals surface area (Å²) in [5, 5.41) is 12.2. The van der Waals surface area contributed by atoms with Crippen molar-refractivity contribution >= 4 is 11.6 Å². The van der Waals surface area contributed by atoms with Crippen molar-refractivity contribution in [3.8, 4) is 11.5 Å². The van der Waals surface area contributed by atoms with Gasteiger partial charge in [0.05, 0.1) is 6.54 Å². The fraction of sp³-hybridized carbons (Fsp3) is 0.350. The summed E-state index contributed by atoms with van der Waals surface area (Å²) in [5.41, 5.74) is 0.717. The lowest BCUT2D eigenvalue weighted by Gasteiger charge is -2.31. The quantitative estimate of drug-likeness (QED) is 0.848. The third-order valence-electron chi connectivity index (χ3n) is 4.33. The number of ether oxygens (including phenoxy) is 1. The van der Waals surface area contributed by atoms with Crippen LogP contribution in [-0.4, -0.2) is 42.2 Å². The van der Waals surface area contributed by atoms with Crippen molar-refractivity contribution < 1.29 is 14.6 Å². The number of nitrogens with zero attached hydrogens (tertiary/aromatic N) is 1. The Kier molecular flexibility index (Phi) is 6.04. The largest absolute Gasteiger partial charge is 0.457 e. The van der Waals surface area contributed by atoms with Gasteiger partial charge in [-0.25, -0.2) is 0 Å². The summed E-state index contributed by atoms with van der Waals surface area (Å²) < 4.78 is 5.79. The lowest BCUT2D eigenvalue weighted by molar-refractivity contribution is -0.117. The first-order chi connectivity index (χ1) is 12.2. The van der Waals surface area contributed by atoms with Crippen LogP contribution in [0.25, 0.3) is 0 Å². The Morgan fingerprint density at radius 3 is 2.76 bits per heavy atom. The molecule has 0 aliphatic carbocycles. The maximum Gasteiger partial charge on any atom is 0.238 e. The minimum absolute atomic E-state index is 0.0459. The van der Waals surface area contributed by atoms with E-state index in [1.165, 1.54) is 0 Å². The predicted molar refractivity (Wildman–Crippen MR) is 97.8 cm³/mol. The standard InChI is InChI=1S/C20H24N2O3/c23-15-16-6-5-11-22(13-16)14-20(24)21-17-7-4-10-19(12-17)25-18-8-2-1-3-9-18/h1-4,7-10,12,16,23H,5-6,11,13-15H2,(H,21,24). The summed E-state index contributed by atoms with van der Waals surface area (Å²) in [6.45, 7) is 2.22. The highest BCUT2D eigenvalue weighted by Crippen LogP contribution is 2.24. The molecule has 132 valence electrons. The van der Waals surface area contributed by atoms with Gasteiger partial charge in [-0.3, -0.25) is 9.69 Å². The molecule has 0 bridgehead atoms. The smallest absolute Gasteiger partial charge is 0.238 e. The number of hydrogen-bond donors (Lipinski definition) is 2. The molecule has 1 amide bonds. The first kappa shape index (κ1) is 17.5. The number of likely N-dealkylation sites (tertiary alicyclic amines) is 1. The van der Waals surface area contributed by atoms with Gasteiger partial charge in [-0.2, -0.15) is 0 Å². The van der Waals surface area contributed by atoms with Crippen molar-refractivity contribution in [2.24, 2.45) is 5.92 Å². The molecule has 1 heterocycles. The van der Waals surface area contributed by atoms with E-state index in [0.29, 0.717) is 18.0 Å². The highest BCUT2D eigenvalue weighted by molar-refractivity contribution is 5.92. The van der Waals surface area contributed by atoms with E-state index >= 15 is 0 Å². The summed E-state index contributed by atoms with van der Waals surface area (Å²) in [4.78, 5) is 14.4. The van der Waals surface area contributed by atoms with Gasteiger partial charge in [0.15, 0.2) is 0 Å². The fourth-order valence-corrected chi connectivity index (χ4v) is 3.11. The minimum atomic E-state index is -0.0459. The van der Waals surface area contributed by atoms with Gasteiger partial charge in [0.2, 0.25) is 5.91 Å². The topological polar surface area (TPSA) is 61.8 Å². The molecule has 2 aromatic rings. The number of carbonyl (C=O) groups is 1. The van der Waals surface area contributed by atoms with Gasteiger partial charge in [0, 0.05) is 24.9 Å². The Balaban J connectivity index is 1.55. The molecular formula is C20H24N2O3. The molecule has 1 atom stereocenters. The van der Waals surface area contributed by atoms with Crippen molar-refractivity contribution in [3.63, 3.8) is 0 Å².